The number of rotatable bonds is 5. The van der Waals surface area contributed by atoms with Gasteiger partial charge in [0.2, 0.25) is 0 Å². The molecule has 0 fully saturated rings. The molecule has 5 nitrogen and oxygen atoms in total. The minimum Gasteiger partial charge on any atom is -0.415 e. The fourth-order valence-corrected chi connectivity index (χ4v) is 2.39. The number of nitrogens with one attached hydrogen (secondary N) is 1. The van der Waals surface area contributed by atoms with Crippen LogP contribution >= 0.6 is 11.6 Å². The van der Waals surface area contributed by atoms with E-state index in [9.17, 15) is 0 Å². The average molecular weight is 303 g/mol. The number of halogens is 1. The van der Waals surface area contributed by atoms with Gasteiger partial charge in [-0.15, -0.1) is 0 Å². The Hall–Kier alpha value is -0.853. The van der Waals surface area contributed by atoms with Crippen molar-refractivity contribution < 1.29 is 4.43 Å². The van der Waals surface area contributed by atoms with Crippen LogP contribution in [0, 0.1) is 0 Å². The number of hydrogen-bond acceptors (Lipinski definition) is 5. The van der Waals surface area contributed by atoms with Gasteiger partial charge in [-0.05, 0) is 18.1 Å². The van der Waals surface area contributed by atoms with Gasteiger partial charge < -0.3 is 15.5 Å². The van der Waals surface area contributed by atoms with Gasteiger partial charge in [0.05, 0.1) is 6.61 Å². The summed E-state index contributed by atoms with van der Waals surface area (Å²) in [5.74, 6) is 0.554. The normalized spacial score (nSPS) is 12.5. The van der Waals surface area contributed by atoms with E-state index in [-0.39, 0.29) is 10.2 Å². The second kappa shape index (κ2) is 6.07. The summed E-state index contributed by atoms with van der Waals surface area (Å²) < 4.78 is 6.04. The van der Waals surface area contributed by atoms with Crippen molar-refractivity contribution in [1.82, 2.24) is 9.97 Å². The topological polar surface area (TPSA) is 73.1 Å². The minimum absolute atomic E-state index is 0.213. The van der Waals surface area contributed by atoms with Crippen molar-refractivity contribution in [3.8, 4) is 0 Å². The fraction of sp³-hybridized carbons (Fsp3) is 0.667. The van der Waals surface area contributed by atoms with Crippen molar-refractivity contribution in [1.29, 1.82) is 0 Å². The minimum atomic E-state index is -1.70. The fourth-order valence-electron chi connectivity index (χ4n) is 1.21. The number of aromatic nitrogens is 2. The largest absolute Gasteiger partial charge is 0.415 e. The van der Waals surface area contributed by atoms with E-state index in [0.29, 0.717) is 24.7 Å². The Morgan fingerprint density at radius 1 is 1.37 bits per heavy atom. The van der Waals surface area contributed by atoms with Crippen LogP contribution in [0.15, 0.2) is 6.33 Å². The van der Waals surface area contributed by atoms with Gasteiger partial charge in [0.1, 0.15) is 12.0 Å². The molecule has 0 aliphatic rings. The Bertz CT molecular complexity index is 434. The molecule has 0 aliphatic carbocycles. The first-order valence-electron chi connectivity index (χ1n) is 6.29. The van der Waals surface area contributed by atoms with Crippen molar-refractivity contribution in [3.05, 3.63) is 11.5 Å². The van der Waals surface area contributed by atoms with Crippen LogP contribution in [0.25, 0.3) is 0 Å². The molecule has 0 atom stereocenters. The monoisotopic (exact) mass is 302 g/mol. The number of anilines is 2. The van der Waals surface area contributed by atoms with E-state index in [1.807, 2.05) is 0 Å². The maximum atomic E-state index is 6.04. The number of nitrogens with two attached hydrogens (primary N) is 1. The second-order valence-corrected chi connectivity index (χ2v) is 11.1. The summed E-state index contributed by atoms with van der Waals surface area (Å²) in [6.45, 7) is 12.4. The summed E-state index contributed by atoms with van der Waals surface area (Å²) >= 11 is 5.82. The molecule has 1 heterocycles. The molecule has 19 heavy (non-hydrogen) atoms. The standard InChI is InChI=1S/C12H23ClN4OSi/c1-12(2,3)19(4,5)18-7-6-15-11-9(14)10(13)16-8-17-11/h8H,6-7,14H2,1-5H3,(H,15,16,17). The summed E-state index contributed by atoms with van der Waals surface area (Å²) in [5.41, 5.74) is 6.14. The van der Waals surface area contributed by atoms with Gasteiger partial charge in [-0.1, -0.05) is 32.4 Å². The maximum Gasteiger partial charge on any atom is 0.192 e. The summed E-state index contributed by atoms with van der Waals surface area (Å²) in [6.07, 6.45) is 1.38. The van der Waals surface area contributed by atoms with Crippen LogP contribution in [-0.2, 0) is 4.43 Å². The molecule has 0 amide bonds. The third-order valence-electron chi connectivity index (χ3n) is 3.50. The molecule has 0 bridgehead atoms. The van der Waals surface area contributed by atoms with Gasteiger partial charge in [0, 0.05) is 6.54 Å². The van der Waals surface area contributed by atoms with E-state index in [1.165, 1.54) is 6.33 Å². The molecule has 0 unspecified atom stereocenters. The maximum absolute atomic E-state index is 6.04. The van der Waals surface area contributed by atoms with Crippen LogP contribution in [0.2, 0.25) is 23.3 Å². The summed E-state index contributed by atoms with van der Waals surface area (Å²) in [5, 5.41) is 3.59. The highest BCUT2D eigenvalue weighted by molar-refractivity contribution is 6.74. The van der Waals surface area contributed by atoms with Crippen LogP contribution in [0.3, 0.4) is 0 Å². The molecule has 0 aliphatic heterocycles. The number of nitrogens with zero attached hydrogens (tertiary/aromatic N) is 2. The summed E-state index contributed by atoms with van der Waals surface area (Å²) in [6, 6.07) is 0. The molecular weight excluding hydrogens is 280 g/mol. The Morgan fingerprint density at radius 2 is 2.00 bits per heavy atom. The lowest BCUT2D eigenvalue weighted by molar-refractivity contribution is 0.301. The third-order valence-corrected chi connectivity index (χ3v) is 8.34. The van der Waals surface area contributed by atoms with Crippen molar-refractivity contribution in [2.24, 2.45) is 0 Å². The first kappa shape index (κ1) is 16.2. The first-order chi connectivity index (χ1) is 8.65. The summed E-state index contributed by atoms with van der Waals surface area (Å²) in [7, 11) is -1.70. The van der Waals surface area contributed by atoms with Crippen molar-refractivity contribution in [3.63, 3.8) is 0 Å². The van der Waals surface area contributed by atoms with E-state index in [4.69, 9.17) is 21.8 Å². The van der Waals surface area contributed by atoms with E-state index >= 15 is 0 Å². The average Bonchev–Trinajstić information content (AvgIpc) is 2.28. The highest BCUT2D eigenvalue weighted by atomic mass is 35.5. The molecule has 1 aromatic heterocycles. The van der Waals surface area contributed by atoms with Crippen LogP contribution in [0.5, 0.6) is 0 Å². The molecule has 1 aromatic rings. The predicted molar refractivity (Wildman–Crippen MR) is 83.1 cm³/mol. The number of nitrogen functional groups attached to an aromatic ring is 1. The Kier molecular flexibility index (Phi) is 5.17. The lowest BCUT2D eigenvalue weighted by Gasteiger charge is -2.36. The molecule has 108 valence electrons. The Morgan fingerprint density at radius 3 is 2.58 bits per heavy atom. The van der Waals surface area contributed by atoms with Crippen LogP contribution < -0.4 is 11.1 Å². The van der Waals surface area contributed by atoms with Crippen molar-refractivity contribution in [2.45, 2.75) is 38.9 Å². The zero-order valence-electron chi connectivity index (χ0n) is 12.2. The molecule has 1 rings (SSSR count). The molecule has 0 radical (unpaired) electrons. The highest BCUT2D eigenvalue weighted by Crippen LogP contribution is 2.36. The van der Waals surface area contributed by atoms with Crippen molar-refractivity contribution in [2.75, 3.05) is 24.2 Å². The van der Waals surface area contributed by atoms with E-state index in [1.54, 1.807) is 0 Å². The number of hydrogen-bond donors (Lipinski definition) is 2. The zero-order chi connectivity index (χ0) is 14.7. The van der Waals surface area contributed by atoms with E-state index in [2.05, 4.69) is 49.1 Å². The second-order valence-electron chi connectivity index (χ2n) is 5.96. The molecule has 3 N–H and O–H groups in total. The smallest absolute Gasteiger partial charge is 0.192 e. The van der Waals surface area contributed by atoms with Crippen molar-refractivity contribution >= 4 is 31.4 Å². The summed E-state index contributed by atoms with van der Waals surface area (Å²) in [4.78, 5) is 7.85. The SMILES string of the molecule is CC(C)(C)[Si](C)(C)OCCNc1ncnc(Cl)c1N. The molecule has 0 spiro atoms. The predicted octanol–water partition coefficient (Wildman–Crippen LogP) is 3.15. The third kappa shape index (κ3) is 4.33. The highest BCUT2D eigenvalue weighted by Gasteiger charge is 2.36. The lowest BCUT2D eigenvalue weighted by atomic mass is 10.2. The Balaban J connectivity index is 2.46. The molecule has 0 aromatic carbocycles. The van der Waals surface area contributed by atoms with Gasteiger partial charge in [-0.2, -0.15) is 0 Å². The van der Waals surface area contributed by atoms with Gasteiger partial charge >= 0.3 is 0 Å². The van der Waals surface area contributed by atoms with Crippen LogP contribution in [0.4, 0.5) is 11.5 Å². The molecule has 0 saturated carbocycles. The van der Waals surface area contributed by atoms with Crippen LogP contribution in [0.1, 0.15) is 20.8 Å². The van der Waals surface area contributed by atoms with E-state index < -0.39 is 8.32 Å². The van der Waals surface area contributed by atoms with Crippen LogP contribution in [-0.4, -0.2) is 31.4 Å². The molecule has 7 heteroatoms. The zero-order valence-corrected chi connectivity index (χ0v) is 14.0. The van der Waals surface area contributed by atoms with Gasteiger partial charge in [0.25, 0.3) is 0 Å². The van der Waals surface area contributed by atoms with Gasteiger partial charge in [0.15, 0.2) is 19.3 Å². The van der Waals surface area contributed by atoms with Gasteiger partial charge in [-0.25, -0.2) is 9.97 Å². The van der Waals surface area contributed by atoms with E-state index in [0.717, 1.165) is 0 Å². The Labute approximate surface area is 121 Å². The van der Waals surface area contributed by atoms with Gasteiger partial charge in [-0.3, -0.25) is 0 Å². The molecule has 0 saturated heterocycles. The quantitative estimate of drug-likeness (QED) is 0.496. The molecular formula is C12H23ClN4OSi. The first-order valence-corrected chi connectivity index (χ1v) is 9.57. The lowest BCUT2D eigenvalue weighted by Crippen LogP contribution is -2.41.